The van der Waals surface area contributed by atoms with Crippen LogP contribution >= 0.6 is 0 Å². The highest BCUT2D eigenvalue weighted by atomic mass is 16.5. The van der Waals surface area contributed by atoms with Crippen LogP contribution in [0, 0.1) is 5.41 Å². The maximum Gasteiger partial charge on any atom is 0.257 e. The number of aryl methyl sites for hydroxylation is 1. The van der Waals surface area contributed by atoms with Crippen molar-refractivity contribution in [2.75, 3.05) is 46.4 Å². The number of benzene rings is 2. The molecule has 4 rings (SSSR count). The van der Waals surface area contributed by atoms with Gasteiger partial charge in [0, 0.05) is 26.2 Å². The lowest BCUT2D eigenvalue weighted by atomic mass is 9.73. The summed E-state index contributed by atoms with van der Waals surface area (Å²) in [5.41, 5.74) is 2.27. The van der Waals surface area contributed by atoms with Gasteiger partial charge in [-0.05, 0) is 74.2 Å². The molecule has 2 aliphatic heterocycles. The Morgan fingerprint density at radius 2 is 1.77 bits per heavy atom. The average Bonchev–Trinajstić information content (AvgIpc) is 2.89. The Morgan fingerprint density at radius 3 is 2.57 bits per heavy atom. The lowest BCUT2D eigenvalue weighted by molar-refractivity contribution is 0.0373. The highest BCUT2D eigenvalue weighted by Gasteiger charge is 2.37. The zero-order chi connectivity index (χ0) is 24.5. The Bertz CT molecular complexity index is 952. The molecule has 0 aliphatic carbocycles. The first kappa shape index (κ1) is 25.6. The van der Waals surface area contributed by atoms with E-state index in [0.29, 0.717) is 11.3 Å². The van der Waals surface area contributed by atoms with Crippen molar-refractivity contribution >= 4 is 5.91 Å². The fourth-order valence-corrected chi connectivity index (χ4v) is 5.74. The van der Waals surface area contributed by atoms with Crippen molar-refractivity contribution < 1.29 is 14.3 Å². The highest BCUT2D eigenvalue weighted by molar-refractivity contribution is 5.97. The Morgan fingerprint density at radius 1 is 1.00 bits per heavy atom. The molecule has 0 N–H and O–H groups in total. The van der Waals surface area contributed by atoms with Crippen LogP contribution in [0.4, 0.5) is 0 Å². The number of para-hydroxylation sites is 2. The van der Waals surface area contributed by atoms with E-state index in [-0.39, 0.29) is 11.3 Å². The molecule has 0 unspecified atom stereocenters. The molecule has 0 saturated carbocycles. The van der Waals surface area contributed by atoms with E-state index >= 15 is 0 Å². The van der Waals surface area contributed by atoms with E-state index in [1.165, 1.54) is 37.7 Å². The molecular formula is C30H42N2O3. The first-order valence-corrected chi connectivity index (χ1v) is 13.5. The number of ether oxygens (including phenoxy) is 2. The molecule has 35 heavy (non-hydrogen) atoms. The molecule has 2 aliphatic rings. The number of hydrogen-bond donors (Lipinski definition) is 0. The molecule has 1 saturated heterocycles. The Hall–Kier alpha value is -2.53. The van der Waals surface area contributed by atoms with Crippen LogP contribution in [0.2, 0.25) is 0 Å². The minimum Gasteiger partial charge on any atom is -0.496 e. The van der Waals surface area contributed by atoms with Gasteiger partial charge in [0.2, 0.25) is 0 Å². The standard InChI is InChI=1S/C30H42N2O3/c1-3-4-19-31-22-23-35-27-14-7-5-11-25(27)12-9-10-16-30(24-31)17-20-32(21-18-30)29(33)26-13-6-8-15-28(26)34-2/h5-8,11,13-15H,3-4,9-10,12,16-24H2,1-2H3. The van der Waals surface area contributed by atoms with Crippen molar-refractivity contribution in [2.24, 2.45) is 5.41 Å². The third-order valence-electron chi connectivity index (χ3n) is 7.88. The summed E-state index contributed by atoms with van der Waals surface area (Å²) in [5.74, 6) is 1.81. The number of carbonyl (C=O) groups is 1. The third-order valence-corrected chi connectivity index (χ3v) is 7.88. The Labute approximate surface area is 211 Å². The first-order valence-electron chi connectivity index (χ1n) is 13.5. The fraction of sp³-hybridized carbons (Fsp3) is 0.567. The van der Waals surface area contributed by atoms with Crippen LogP contribution in [-0.4, -0.2) is 62.1 Å². The second-order valence-electron chi connectivity index (χ2n) is 10.3. The van der Waals surface area contributed by atoms with Gasteiger partial charge in [-0.2, -0.15) is 0 Å². The van der Waals surface area contributed by atoms with Crippen LogP contribution in [0.5, 0.6) is 11.5 Å². The third kappa shape index (κ3) is 6.58. The molecule has 2 aromatic rings. The molecular weight excluding hydrogens is 436 g/mol. The number of hydrogen-bond acceptors (Lipinski definition) is 4. The topological polar surface area (TPSA) is 42.0 Å². The summed E-state index contributed by atoms with van der Waals surface area (Å²) < 4.78 is 11.7. The quantitative estimate of drug-likeness (QED) is 0.543. The number of piperidine rings is 1. The second kappa shape index (κ2) is 12.4. The summed E-state index contributed by atoms with van der Waals surface area (Å²) in [4.78, 5) is 18.0. The molecule has 0 bridgehead atoms. The van der Waals surface area contributed by atoms with E-state index in [1.54, 1.807) is 7.11 Å². The van der Waals surface area contributed by atoms with E-state index in [9.17, 15) is 4.79 Å². The van der Waals surface area contributed by atoms with Crippen molar-refractivity contribution in [3.63, 3.8) is 0 Å². The van der Waals surface area contributed by atoms with Gasteiger partial charge in [0.05, 0.1) is 12.7 Å². The maximum absolute atomic E-state index is 13.3. The highest BCUT2D eigenvalue weighted by Crippen LogP contribution is 2.39. The molecule has 0 aromatic heterocycles. The summed E-state index contributed by atoms with van der Waals surface area (Å²) >= 11 is 0. The van der Waals surface area contributed by atoms with Crippen LogP contribution in [0.3, 0.4) is 0 Å². The van der Waals surface area contributed by atoms with Gasteiger partial charge < -0.3 is 14.4 Å². The summed E-state index contributed by atoms with van der Waals surface area (Å²) in [6, 6.07) is 16.1. The summed E-state index contributed by atoms with van der Waals surface area (Å²) in [6.45, 7) is 7.81. The smallest absolute Gasteiger partial charge is 0.257 e. The lowest BCUT2D eigenvalue weighted by Crippen LogP contribution is -2.49. The van der Waals surface area contributed by atoms with E-state index in [0.717, 1.165) is 64.3 Å². The second-order valence-corrected chi connectivity index (χ2v) is 10.3. The molecule has 1 amide bonds. The largest absolute Gasteiger partial charge is 0.496 e. The molecule has 1 fully saturated rings. The fourth-order valence-electron chi connectivity index (χ4n) is 5.74. The number of rotatable bonds is 5. The molecule has 2 aromatic carbocycles. The van der Waals surface area contributed by atoms with Gasteiger partial charge in [0.25, 0.3) is 5.91 Å². The zero-order valence-corrected chi connectivity index (χ0v) is 21.6. The summed E-state index contributed by atoms with van der Waals surface area (Å²) in [5, 5.41) is 0. The number of nitrogens with zero attached hydrogens (tertiary/aromatic N) is 2. The van der Waals surface area contributed by atoms with Crippen molar-refractivity contribution in [2.45, 2.75) is 58.3 Å². The zero-order valence-electron chi connectivity index (χ0n) is 21.6. The maximum atomic E-state index is 13.3. The summed E-state index contributed by atoms with van der Waals surface area (Å²) in [6.07, 6.45) is 9.25. The van der Waals surface area contributed by atoms with Gasteiger partial charge in [-0.15, -0.1) is 0 Å². The number of amides is 1. The van der Waals surface area contributed by atoms with Gasteiger partial charge in [-0.25, -0.2) is 0 Å². The molecule has 190 valence electrons. The van der Waals surface area contributed by atoms with Crippen LogP contribution in [-0.2, 0) is 6.42 Å². The normalized spacial score (nSPS) is 19.2. The minimum absolute atomic E-state index is 0.0956. The SMILES string of the molecule is CCCCN1CCOc2ccccc2CCCCC2(CCN(C(=O)c3ccccc3OC)CC2)C1. The van der Waals surface area contributed by atoms with Crippen LogP contribution in [0.1, 0.15) is 67.8 Å². The molecule has 0 radical (unpaired) electrons. The minimum atomic E-state index is 0.0956. The number of carbonyl (C=O) groups excluding carboxylic acids is 1. The molecule has 5 nitrogen and oxygen atoms in total. The monoisotopic (exact) mass is 478 g/mol. The van der Waals surface area contributed by atoms with Gasteiger partial charge in [-0.1, -0.05) is 50.1 Å². The van der Waals surface area contributed by atoms with Crippen molar-refractivity contribution in [3.05, 3.63) is 59.7 Å². The first-order chi connectivity index (χ1) is 17.1. The number of likely N-dealkylation sites (tertiary alicyclic amines) is 1. The van der Waals surface area contributed by atoms with Crippen molar-refractivity contribution in [1.82, 2.24) is 9.80 Å². The molecule has 2 heterocycles. The Kier molecular flexibility index (Phi) is 9.08. The van der Waals surface area contributed by atoms with Crippen molar-refractivity contribution in [1.29, 1.82) is 0 Å². The predicted molar refractivity (Wildman–Crippen MR) is 141 cm³/mol. The number of unbranched alkanes of at least 4 members (excludes halogenated alkanes) is 1. The van der Waals surface area contributed by atoms with Crippen LogP contribution in [0.15, 0.2) is 48.5 Å². The van der Waals surface area contributed by atoms with Crippen LogP contribution in [0.25, 0.3) is 0 Å². The van der Waals surface area contributed by atoms with Gasteiger partial charge in [0.1, 0.15) is 18.1 Å². The number of fused-ring (bicyclic) bond motifs is 1. The lowest BCUT2D eigenvalue weighted by Gasteiger charge is -2.45. The van der Waals surface area contributed by atoms with E-state index < -0.39 is 0 Å². The number of methoxy groups -OCH3 is 1. The van der Waals surface area contributed by atoms with Gasteiger partial charge >= 0.3 is 0 Å². The molecule has 0 atom stereocenters. The van der Waals surface area contributed by atoms with E-state index in [4.69, 9.17) is 9.47 Å². The Balaban J connectivity index is 1.46. The van der Waals surface area contributed by atoms with E-state index in [1.807, 2.05) is 29.2 Å². The molecule has 1 spiro atoms. The van der Waals surface area contributed by atoms with E-state index in [2.05, 4.69) is 36.1 Å². The predicted octanol–water partition coefficient (Wildman–Crippen LogP) is 5.83. The summed E-state index contributed by atoms with van der Waals surface area (Å²) in [7, 11) is 1.63. The van der Waals surface area contributed by atoms with Crippen molar-refractivity contribution in [3.8, 4) is 11.5 Å². The van der Waals surface area contributed by atoms with Gasteiger partial charge in [-0.3, -0.25) is 9.69 Å². The van der Waals surface area contributed by atoms with Crippen LogP contribution < -0.4 is 9.47 Å². The van der Waals surface area contributed by atoms with Gasteiger partial charge in [0.15, 0.2) is 0 Å². The molecule has 5 heteroatoms. The average molecular weight is 479 g/mol.